The average Bonchev–Trinajstić information content (AvgIpc) is 3.30. The largest absolute Gasteiger partial charge is 0.481 e. The van der Waals surface area contributed by atoms with Crippen molar-refractivity contribution in [1.82, 2.24) is 15.1 Å². The molecule has 1 heterocycles. The fraction of sp³-hybridized carbons (Fsp3) is 0.444. The molecule has 8 heteroatoms. The molecule has 1 fully saturated rings. The molecule has 186 valence electrons. The number of carbonyl (C=O) groups excluding carboxylic acids is 2. The van der Waals surface area contributed by atoms with Gasteiger partial charge in [-0.15, -0.1) is 0 Å². The number of benzene rings is 2. The molecule has 0 saturated carbocycles. The Bertz CT molecular complexity index is 1080. The molecule has 2 N–H and O–H groups in total. The minimum Gasteiger partial charge on any atom is -0.481 e. The highest BCUT2D eigenvalue weighted by atomic mass is 16.5. The van der Waals surface area contributed by atoms with E-state index in [1.54, 1.807) is 0 Å². The van der Waals surface area contributed by atoms with Crippen LogP contribution in [-0.2, 0) is 14.3 Å². The molecule has 4 rings (SSSR count). The molecule has 2 aliphatic rings. The van der Waals surface area contributed by atoms with E-state index in [4.69, 9.17) is 4.74 Å². The van der Waals surface area contributed by atoms with Crippen LogP contribution in [-0.4, -0.2) is 79.3 Å². The van der Waals surface area contributed by atoms with Crippen LogP contribution in [0.5, 0.6) is 0 Å². The number of carboxylic acids is 1. The van der Waals surface area contributed by atoms with Crippen molar-refractivity contribution in [2.24, 2.45) is 11.3 Å². The number of fused-ring (bicyclic) bond motifs is 3. The summed E-state index contributed by atoms with van der Waals surface area (Å²) in [6.07, 6.45) is -0.666. The topological polar surface area (TPSA) is 99.2 Å². The Balaban J connectivity index is 1.44. The molecule has 1 saturated heterocycles. The number of hydrogen-bond donors (Lipinski definition) is 2. The summed E-state index contributed by atoms with van der Waals surface area (Å²) in [6, 6.07) is 15.3. The second-order valence-electron chi connectivity index (χ2n) is 10.4. The molecular weight excluding hydrogens is 446 g/mol. The SMILES string of the molecule is CN(C)CC(NC(=O)OCC1c2ccccc2-c2ccccc21)C(=O)N1CC(C(=O)O)C(C)(C)C1. The Morgan fingerprint density at radius 1 is 1.09 bits per heavy atom. The normalized spacial score (nSPS) is 19.2. The number of amides is 2. The van der Waals surface area contributed by atoms with Gasteiger partial charge in [0.05, 0.1) is 5.92 Å². The number of nitrogens with zero attached hydrogens (tertiary/aromatic N) is 2. The van der Waals surface area contributed by atoms with Crippen molar-refractivity contribution < 1.29 is 24.2 Å². The summed E-state index contributed by atoms with van der Waals surface area (Å²) >= 11 is 0. The van der Waals surface area contributed by atoms with Gasteiger partial charge in [0.2, 0.25) is 5.91 Å². The maximum atomic E-state index is 13.3. The fourth-order valence-corrected chi connectivity index (χ4v) is 5.27. The quantitative estimate of drug-likeness (QED) is 0.633. The Hall–Kier alpha value is -3.39. The molecule has 0 spiro atoms. The zero-order valence-electron chi connectivity index (χ0n) is 20.7. The van der Waals surface area contributed by atoms with E-state index in [2.05, 4.69) is 17.4 Å². The molecule has 2 atom stereocenters. The van der Waals surface area contributed by atoms with Crippen molar-refractivity contribution in [3.8, 4) is 11.1 Å². The Morgan fingerprint density at radius 2 is 1.66 bits per heavy atom. The number of nitrogens with one attached hydrogen (secondary N) is 1. The van der Waals surface area contributed by atoms with Crippen molar-refractivity contribution >= 4 is 18.0 Å². The van der Waals surface area contributed by atoms with E-state index in [-0.39, 0.29) is 31.5 Å². The molecule has 35 heavy (non-hydrogen) atoms. The summed E-state index contributed by atoms with van der Waals surface area (Å²) in [5, 5.41) is 12.3. The van der Waals surface area contributed by atoms with E-state index in [0.717, 1.165) is 22.3 Å². The number of carbonyl (C=O) groups is 3. The maximum absolute atomic E-state index is 13.3. The predicted molar refractivity (Wildman–Crippen MR) is 132 cm³/mol. The monoisotopic (exact) mass is 479 g/mol. The molecule has 2 aromatic rings. The average molecular weight is 480 g/mol. The number of carboxylic acid groups (broad SMARTS) is 1. The van der Waals surface area contributed by atoms with Gasteiger partial charge >= 0.3 is 12.1 Å². The lowest BCUT2D eigenvalue weighted by Crippen LogP contribution is -2.52. The van der Waals surface area contributed by atoms with Crippen LogP contribution in [0, 0.1) is 11.3 Å². The summed E-state index contributed by atoms with van der Waals surface area (Å²) < 4.78 is 5.63. The number of ether oxygens (including phenoxy) is 1. The van der Waals surface area contributed by atoms with E-state index < -0.39 is 29.4 Å². The van der Waals surface area contributed by atoms with Crippen LogP contribution in [0.15, 0.2) is 48.5 Å². The summed E-state index contributed by atoms with van der Waals surface area (Å²) in [4.78, 5) is 41.1. The summed E-state index contributed by atoms with van der Waals surface area (Å²) in [5.74, 6) is -1.95. The van der Waals surface area contributed by atoms with Crippen LogP contribution in [0.2, 0.25) is 0 Å². The number of alkyl carbamates (subject to hydrolysis) is 1. The first kappa shape index (κ1) is 24.7. The van der Waals surface area contributed by atoms with Crippen molar-refractivity contribution in [3.63, 3.8) is 0 Å². The van der Waals surface area contributed by atoms with Gasteiger partial charge in [-0.3, -0.25) is 9.59 Å². The van der Waals surface area contributed by atoms with Crippen LogP contribution in [0.1, 0.15) is 30.9 Å². The van der Waals surface area contributed by atoms with Crippen molar-refractivity contribution in [2.45, 2.75) is 25.8 Å². The molecule has 0 aromatic heterocycles. The molecule has 1 aliphatic heterocycles. The van der Waals surface area contributed by atoms with Gasteiger partial charge < -0.3 is 25.0 Å². The number of likely N-dealkylation sites (tertiary alicyclic amines) is 1. The van der Waals surface area contributed by atoms with Gasteiger partial charge in [-0.1, -0.05) is 62.4 Å². The van der Waals surface area contributed by atoms with Gasteiger partial charge in [0, 0.05) is 25.6 Å². The Kier molecular flexibility index (Phi) is 6.85. The molecule has 2 amide bonds. The minimum absolute atomic E-state index is 0.0770. The molecule has 2 unspecified atom stereocenters. The van der Waals surface area contributed by atoms with E-state index in [9.17, 15) is 19.5 Å². The summed E-state index contributed by atoms with van der Waals surface area (Å²) in [6.45, 7) is 4.56. The van der Waals surface area contributed by atoms with Gasteiger partial charge in [0.15, 0.2) is 0 Å². The third-order valence-corrected chi connectivity index (χ3v) is 7.04. The third-order valence-electron chi connectivity index (χ3n) is 7.04. The van der Waals surface area contributed by atoms with Gasteiger partial charge in [-0.05, 0) is 41.8 Å². The lowest BCUT2D eigenvalue weighted by Gasteiger charge is -2.27. The number of hydrogen-bond acceptors (Lipinski definition) is 5. The minimum atomic E-state index is -0.918. The highest BCUT2D eigenvalue weighted by molar-refractivity contribution is 5.87. The zero-order chi connectivity index (χ0) is 25.3. The molecule has 8 nitrogen and oxygen atoms in total. The number of likely N-dealkylation sites (N-methyl/N-ethyl adjacent to an activating group) is 1. The third kappa shape index (κ3) is 5.03. The van der Waals surface area contributed by atoms with Gasteiger partial charge in [-0.2, -0.15) is 0 Å². The van der Waals surface area contributed by atoms with E-state index >= 15 is 0 Å². The number of rotatable bonds is 7. The predicted octanol–water partition coefficient (Wildman–Crippen LogP) is 3.02. The fourth-order valence-electron chi connectivity index (χ4n) is 5.27. The van der Waals surface area contributed by atoms with Gasteiger partial charge in [-0.25, -0.2) is 4.79 Å². The van der Waals surface area contributed by atoms with Crippen molar-refractivity contribution in [2.75, 3.05) is 40.3 Å². The van der Waals surface area contributed by atoms with Crippen LogP contribution < -0.4 is 5.32 Å². The molecule has 1 aliphatic carbocycles. The molecule has 2 aromatic carbocycles. The Labute approximate surface area is 205 Å². The second kappa shape index (κ2) is 9.70. The van der Waals surface area contributed by atoms with Crippen LogP contribution >= 0.6 is 0 Å². The second-order valence-corrected chi connectivity index (χ2v) is 10.4. The molecular formula is C27H33N3O5. The maximum Gasteiger partial charge on any atom is 0.407 e. The lowest BCUT2D eigenvalue weighted by atomic mass is 9.82. The Morgan fingerprint density at radius 3 is 2.17 bits per heavy atom. The summed E-state index contributed by atoms with van der Waals surface area (Å²) in [5.41, 5.74) is 3.96. The first-order valence-electron chi connectivity index (χ1n) is 11.9. The first-order chi connectivity index (χ1) is 16.6. The summed E-state index contributed by atoms with van der Waals surface area (Å²) in [7, 11) is 3.63. The smallest absolute Gasteiger partial charge is 0.407 e. The highest BCUT2D eigenvalue weighted by Gasteiger charge is 2.46. The van der Waals surface area contributed by atoms with E-state index in [1.165, 1.54) is 4.90 Å². The molecule has 0 radical (unpaired) electrons. The van der Waals surface area contributed by atoms with Crippen LogP contribution in [0.4, 0.5) is 4.79 Å². The zero-order valence-corrected chi connectivity index (χ0v) is 20.7. The standard InChI is InChI=1S/C27H33N3O5/c1-27(2)16-30(13-22(27)25(32)33)24(31)23(14-29(3)4)28-26(34)35-15-21-19-11-7-5-9-17(19)18-10-6-8-12-20(18)21/h5-12,21-23H,13-16H2,1-4H3,(H,28,34)(H,32,33). The number of aliphatic carboxylic acids is 1. The van der Waals surface area contributed by atoms with Gasteiger partial charge in [0.1, 0.15) is 12.6 Å². The highest BCUT2D eigenvalue weighted by Crippen LogP contribution is 2.44. The lowest BCUT2D eigenvalue weighted by molar-refractivity contribution is -0.144. The van der Waals surface area contributed by atoms with E-state index in [1.807, 2.05) is 69.2 Å². The van der Waals surface area contributed by atoms with Crippen molar-refractivity contribution in [3.05, 3.63) is 59.7 Å². The van der Waals surface area contributed by atoms with E-state index in [0.29, 0.717) is 6.54 Å². The first-order valence-corrected chi connectivity index (χ1v) is 11.9. The van der Waals surface area contributed by atoms with Gasteiger partial charge in [0.25, 0.3) is 0 Å². The molecule has 0 bridgehead atoms. The van der Waals surface area contributed by atoms with Crippen molar-refractivity contribution in [1.29, 1.82) is 0 Å². The van der Waals surface area contributed by atoms with Crippen LogP contribution in [0.25, 0.3) is 11.1 Å². The van der Waals surface area contributed by atoms with Crippen LogP contribution in [0.3, 0.4) is 0 Å².